The second kappa shape index (κ2) is 10.1. The maximum atomic E-state index is 12.8. The molecule has 1 fully saturated rings. The first-order valence-corrected chi connectivity index (χ1v) is 10.0. The summed E-state index contributed by atoms with van der Waals surface area (Å²) < 4.78 is 17.0. The molecule has 1 saturated carbocycles. The maximum absolute atomic E-state index is 12.8. The standard InChI is InChI=1S/C22H29N3O4/c1-15-20(4-3-12-24-15)29-17-7-5-16(6-8-17)25-22(26)19-10-9-18(27-2)14-21(19)28-13-11-23/h3-4,9-10,12,14,16-17H,5-8,11,13,23H2,1-2H3,(H,25,26). The Morgan fingerprint density at radius 1 is 1.21 bits per heavy atom. The number of ether oxygens (including phenoxy) is 3. The number of nitrogens with two attached hydrogens (primary N) is 1. The van der Waals surface area contributed by atoms with Crippen LogP contribution in [-0.4, -0.2) is 43.3 Å². The van der Waals surface area contributed by atoms with Gasteiger partial charge in [-0.25, -0.2) is 0 Å². The van der Waals surface area contributed by atoms with Gasteiger partial charge in [0.25, 0.3) is 5.91 Å². The lowest BCUT2D eigenvalue weighted by atomic mass is 9.92. The summed E-state index contributed by atoms with van der Waals surface area (Å²) in [6.07, 6.45) is 5.42. The first kappa shape index (κ1) is 20.9. The van der Waals surface area contributed by atoms with Crippen LogP contribution < -0.4 is 25.3 Å². The van der Waals surface area contributed by atoms with E-state index in [2.05, 4.69) is 10.3 Å². The number of hydrogen-bond acceptors (Lipinski definition) is 6. The molecule has 1 amide bonds. The highest BCUT2D eigenvalue weighted by atomic mass is 16.5. The van der Waals surface area contributed by atoms with Crippen molar-refractivity contribution in [3.8, 4) is 17.2 Å². The summed E-state index contributed by atoms with van der Waals surface area (Å²) >= 11 is 0. The van der Waals surface area contributed by atoms with Gasteiger partial charge < -0.3 is 25.3 Å². The predicted octanol–water partition coefficient (Wildman–Crippen LogP) is 2.86. The lowest BCUT2D eigenvalue weighted by molar-refractivity contribution is 0.0889. The van der Waals surface area contributed by atoms with E-state index in [1.54, 1.807) is 31.5 Å². The lowest BCUT2D eigenvalue weighted by Gasteiger charge is -2.30. The summed E-state index contributed by atoms with van der Waals surface area (Å²) in [5, 5.41) is 3.13. The monoisotopic (exact) mass is 399 g/mol. The Morgan fingerprint density at radius 3 is 2.69 bits per heavy atom. The van der Waals surface area contributed by atoms with E-state index >= 15 is 0 Å². The smallest absolute Gasteiger partial charge is 0.255 e. The van der Waals surface area contributed by atoms with E-state index in [1.807, 2.05) is 19.1 Å². The number of hydrogen-bond donors (Lipinski definition) is 2. The van der Waals surface area contributed by atoms with Crippen molar-refractivity contribution in [1.82, 2.24) is 10.3 Å². The maximum Gasteiger partial charge on any atom is 0.255 e. The van der Waals surface area contributed by atoms with Crippen LogP contribution in [0, 0.1) is 6.92 Å². The van der Waals surface area contributed by atoms with Crippen LogP contribution in [0.25, 0.3) is 0 Å². The molecule has 29 heavy (non-hydrogen) atoms. The second-order valence-corrected chi connectivity index (χ2v) is 7.15. The molecule has 1 aliphatic rings. The third-order valence-electron chi connectivity index (χ3n) is 5.07. The molecule has 2 aromatic rings. The average molecular weight is 399 g/mol. The van der Waals surface area contributed by atoms with Gasteiger partial charge in [-0.15, -0.1) is 0 Å². The first-order chi connectivity index (χ1) is 14.1. The number of pyridine rings is 1. The zero-order chi connectivity index (χ0) is 20.6. The van der Waals surface area contributed by atoms with Crippen molar-refractivity contribution in [1.29, 1.82) is 0 Å². The Kier molecular flexibility index (Phi) is 7.30. The molecule has 0 aliphatic heterocycles. The number of aromatic nitrogens is 1. The van der Waals surface area contributed by atoms with Crippen molar-refractivity contribution >= 4 is 5.91 Å². The van der Waals surface area contributed by atoms with E-state index in [0.29, 0.717) is 30.2 Å². The van der Waals surface area contributed by atoms with E-state index in [1.165, 1.54) is 0 Å². The first-order valence-electron chi connectivity index (χ1n) is 10.0. The highest BCUT2D eigenvalue weighted by molar-refractivity contribution is 5.97. The molecule has 7 nitrogen and oxygen atoms in total. The van der Waals surface area contributed by atoms with Crippen molar-refractivity contribution in [2.45, 2.75) is 44.8 Å². The van der Waals surface area contributed by atoms with E-state index < -0.39 is 0 Å². The number of rotatable bonds is 8. The fourth-order valence-corrected chi connectivity index (χ4v) is 3.47. The van der Waals surface area contributed by atoms with Crippen LogP contribution in [-0.2, 0) is 0 Å². The van der Waals surface area contributed by atoms with Gasteiger partial charge in [-0.1, -0.05) is 0 Å². The number of aryl methyl sites for hydroxylation is 1. The fourth-order valence-electron chi connectivity index (χ4n) is 3.47. The van der Waals surface area contributed by atoms with Gasteiger partial charge >= 0.3 is 0 Å². The summed E-state index contributed by atoms with van der Waals surface area (Å²) in [7, 11) is 1.58. The largest absolute Gasteiger partial charge is 0.497 e. The number of nitrogens with one attached hydrogen (secondary N) is 1. The number of amides is 1. The molecule has 1 heterocycles. The molecule has 0 atom stereocenters. The topological polar surface area (TPSA) is 95.7 Å². The molecule has 7 heteroatoms. The minimum absolute atomic E-state index is 0.113. The van der Waals surface area contributed by atoms with Crippen molar-refractivity contribution in [2.24, 2.45) is 5.73 Å². The van der Waals surface area contributed by atoms with Crippen molar-refractivity contribution in [3.05, 3.63) is 47.8 Å². The highest BCUT2D eigenvalue weighted by Gasteiger charge is 2.25. The molecule has 0 spiro atoms. The van der Waals surface area contributed by atoms with Crippen molar-refractivity contribution in [3.63, 3.8) is 0 Å². The minimum atomic E-state index is -0.146. The van der Waals surface area contributed by atoms with E-state index in [-0.39, 0.29) is 18.1 Å². The molecule has 0 radical (unpaired) electrons. The molecule has 3 rings (SSSR count). The van der Waals surface area contributed by atoms with Crippen LogP contribution in [0.1, 0.15) is 41.7 Å². The quantitative estimate of drug-likeness (QED) is 0.709. The summed E-state index contributed by atoms with van der Waals surface area (Å²) in [5.74, 6) is 1.81. The van der Waals surface area contributed by atoms with Gasteiger partial charge in [-0.05, 0) is 56.9 Å². The normalized spacial score (nSPS) is 18.7. The summed E-state index contributed by atoms with van der Waals surface area (Å²) in [5.41, 5.74) is 6.91. The molecule has 156 valence electrons. The molecule has 3 N–H and O–H groups in total. The minimum Gasteiger partial charge on any atom is -0.497 e. The van der Waals surface area contributed by atoms with Crippen LogP contribution in [0.3, 0.4) is 0 Å². The summed E-state index contributed by atoms with van der Waals surface area (Å²) in [4.78, 5) is 17.1. The Labute approximate surface area is 171 Å². The van der Waals surface area contributed by atoms with Crippen LogP contribution in [0.2, 0.25) is 0 Å². The third kappa shape index (κ3) is 5.60. The van der Waals surface area contributed by atoms with Crippen molar-refractivity contribution in [2.75, 3.05) is 20.3 Å². The van der Waals surface area contributed by atoms with Crippen molar-refractivity contribution < 1.29 is 19.0 Å². The Bertz CT molecular complexity index is 819. The third-order valence-corrected chi connectivity index (χ3v) is 5.07. The zero-order valence-electron chi connectivity index (χ0n) is 17.0. The van der Waals surface area contributed by atoms with Crippen LogP contribution in [0.5, 0.6) is 17.2 Å². The molecule has 1 aliphatic carbocycles. The van der Waals surface area contributed by atoms with Gasteiger partial charge in [-0.2, -0.15) is 0 Å². The van der Waals surface area contributed by atoms with E-state index in [4.69, 9.17) is 19.9 Å². The van der Waals surface area contributed by atoms with Gasteiger partial charge in [0.05, 0.1) is 24.5 Å². The van der Waals surface area contributed by atoms with E-state index in [0.717, 1.165) is 37.1 Å². The molecule has 1 aromatic heterocycles. The molecule has 0 unspecified atom stereocenters. The van der Waals surface area contributed by atoms with Crippen LogP contribution >= 0.6 is 0 Å². The number of carbonyl (C=O) groups is 1. The van der Waals surface area contributed by atoms with Crippen LogP contribution in [0.15, 0.2) is 36.5 Å². The van der Waals surface area contributed by atoms with Gasteiger partial charge in [0, 0.05) is 24.8 Å². The lowest BCUT2D eigenvalue weighted by Crippen LogP contribution is -2.39. The molecule has 0 saturated heterocycles. The molecular formula is C22H29N3O4. The molecule has 1 aromatic carbocycles. The molecule has 0 bridgehead atoms. The number of carbonyl (C=O) groups excluding carboxylic acids is 1. The summed E-state index contributed by atoms with van der Waals surface area (Å²) in [6, 6.07) is 9.13. The van der Waals surface area contributed by atoms with Gasteiger partial charge in [0.1, 0.15) is 23.9 Å². The fraction of sp³-hybridized carbons (Fsp3) is 0.455. The predicted molar refractivity (Wildman–Crippen MR) is 111 cm³/mol. The SMILES string of the molecule is COc1ccc(C(=O)NC2CCC(Oc3cccnc3C)CC2)c(OCCN)c1. The average Bonchev–Trinajstić information content (AvgIpc) is 2.75. The Hall–Kier alpha value is -2.80. The number of benzene rings is 1. The van der Waals surface area contributed by atoms with Gasteiger partial charge in [-0.3, -0.25) is 9.78 Å². The number of methoxy groups -OCH3 is 1. The zero-order valence-corrected chi connectivity index (χ0v) is 17.0. The van der Waals surface area contributed by atoms with Gasteiger partial charge in [0.15, 0.2) is 0 Å². The number of nitrogens with zero attached hydrogens (tertiary/aromatic N) is 1. The van der Waals surface area contributed by atoms with Crippen LogP contribution in [0.4, 0.5) is 0 Å². The highest BCUT2D eigenvalue weighted by Crippen LogP contribution is 2.27. The second-order valence-electron chi connectivity index (χ2n) is 7.15. The molecular weight excluding hydrogens is 370 g/mol. The Balaban J connectivity index is 1.56. The van der Waals surface area contributed by atoms with Gasteiger partial charge in [0.2, 0.25) is 0 Å². The van der Waals surface area contributed by atoms with E-state index in [9.17, 15) is 4.79 Å². The Morgan fingerprint density at radius 2 is 2.00 bits per heavy atom. The summed E-state index contributed by atoms with van der Waals surface area (Å²) in [6.45, 7) is 2.66.